The van der Waals surface area contributed by atoms with Gasteiger partial charge in [0.25, 0.3) is 5.91 Å². The molecule has 0 spiro atoms. The number of rotatable bonds is 3. The molecule has 0 aliphatic rings. The molecule has 2 aromatic rings. The summed E-state index contributed by atoms with van der Waals surface area (Å²) in [5.74, 6) is 0.0672. The SMILES string of the molecule is COc1c(Cl)cc(C(=O)Nc2ccc(Br)c(C)c2)cc1Cl. The summed E-state index contributed by atoms with van der Waals surface area (Å²) in [5, 5.41) is 3.39. The highest BCUT2D eigenvalue weighted by Gasteiger charge is 2.14. The summed E-state index contributed by atoms with van der Waals surface area (Å²) in [6, 6.07) is 8.59. The lowest BCUT2D eigenvalue weighted by molar-refractivity contribution is 0.102. The van der Waals surface area contributed by atoms with Crippen LogP contribution in [0.3, 0.4) is 0 Å². The second-order valence-corrected chi connectivity index (χ2v) is 6.06. The summed E-state index contributed by atoms with van der Waals surface area (Å²) >= 11 is 15.5. The third kappa shape index (κ3) is 3.70. The lowest BCUT2D eigenvalue weighted by Crippen LogP contribution is -2.12. The number of ether oxygens (including phenoxy) is 1. The van der Waals surface area contributed by atoms with Crippen molar-refractivity contribution in [3.05, 3.63) is 56.0 Å². The molecule has 0 heterocycles. The van der Waals surface area contributed by atoms with Gasteiger partial charge in [0.05, 0.1) is 17.2 Å². The number of halogens is 3. The van der Waals surface area contributed by atoms with Crippen molar-refractivity contribution in [1.82, 2.24) is 0 Å². The second kappa shape index (κ2) is 6.69. The van der Waals surface area contributed by atoms with Gasteiger partial charge in [-0.2, -0.15) is 0 Å². The number of methoxy groups -OCH3 is 1. The van der Waals surface area contributed by atoms with E-state index >= 15 is 0 Å². The fraction of sp³-hybridized carbons (Fsp3) is 0.133. The van der Waals surface area contributed by atoms with Crippen LogP contribution in [0, 0.1) is 6.92 Å². The van der Waals surface area contributed by atoms with Crippen molar-refractivity contribution >= 4 is 50.7 Å². The first-order valence-corrected chi connectivity index (χ1v) is 7.58. The largest absolute Gasteiger partial charge is 0.494 e. The van der Waals surface area contributed by atoms with E-state index in [1.54, 1.807) is 0 Å². The van der Waals surface area contributed by atoms with Gasteiger partial charge in [-0.15, -0.1) is 0 Å². The van der Waals surface area contributed by atoms with Gasteiger partial charge in [-0.3, -0.25) is 4.79 Å². The highest BCUT2D eigenvalue weighted by atomic mass is 79.9. The molecule has 0 unspecified atom stereocenters. The van der Waals surface area contributed by atoms with Gasteiger partial charge in [-0.25, -0.2) is 0 Å². The van der Waals surface area contributed by atoms with Gasteiger partial charge < -0.3 is 10.1 Å². The number of hydrogen-bond acceptors (Lipinski definition) is 2. The van der Waals surface area contributed by atoms with Crippen molar-refractivity contribution in [2.24, 2.45) is 0 Å². The Balaban J connectivity index is 2.26. The quantitative estimate of drug-likeness (QED) is 0.771. The van der Waals surface area contributed by atoms with Crippen molar-refractivity contribution in [3.8, 4) is 5.75 Å². The zero-order chi connectivity index (χ0) is 15.6. The van der Waals surface area contributed by atoms with Crippen molar-refractivity contribution in [2.75, 3.05) is 12.4 Å². The highest BCUT2D eigenvalue weighted by molar-refractivity contribution is 9.10. The van der Waals surface area contributed by atoms with Crippen LogP contribution in [-0.4, -0.2) is 13.0 Å². The monoisotopic (exact) mass is 387 g/mol. The van der Waals surface area contributed by atoms with E-state index in [0.29, 0.717) is 27.0 Å². The van der Waals surface area contributed by atoms with Gasteiger partial charge in [-0.1, -0.05) is 39.1 Å². The Morgan fingerprint density at radius 1 is 1.19 bits per heavy atom. The molecule has 2 aromatic carbocycles. The molecule has 0 aliphatic carbocycles. The normalized spacial score (nSPS) is 10.3. The molecule has 6 heteroatoms. The second-order valence-electron chi connectivity index (χ2n) is 4.39. The van der Waals surface area contributed by atoms with E-state index in [1.807, 2.05) is 25.1 Å². The molecule has 0 radical (unpaired) electrons. The molecule has 0 saturated heterocycles. The Hall–Kier alpha value is -1.23. The molecule has 0 aromatic heterocycles. The van der Waals surface area contributed by atoms with E-state index in [1.165, 1.54) is 19.2 Å². The number of nitrogens with one attached hydrogen (secondary N) is 1. The molecule has 0 fully saturated rings. The predicted octanol–water partition coefficient (Wildman–Crippen LogP) is 5.33. The standard InChI is InChI=1S/C15H12BrCl2NO2/c1-8-5-10(3-4-11(8)16)19-15(20)9-6-12(17)14(21-2)13(18)7-9/h3-7H,1-2H3,(H,19,20). The Morgan fingerprint density at radius 2 is 1.81 bits per heavy atom. The van der Waals surface area contributed by atoms with E-state index in [4.69, 9.17) is 27.9 Å². The average Bonchev–Trinajstić information content (AvgIpc) is 2.42. The van der Waals surface area contributed by atoms with Gasteiger partial charge in [0.2, 0.25) is 0 Å². The van der Waals surface area contributed by atoms with Crippen LogP contribution in [0.25, 0.3) is 0 Å². The minimum absolute atomic E-state index is 0.289. The van der Waals surface area contributed by atoms with Gasteiger partial charge in [0.1, 0.15) is 0 Å². The van der Waals surface area contributed by atoms with E-state index in [0.717, 1.165) is 10.0 Å². The van der Waals surface area contributed by atoms with E-state index in [9.17, 15) is 4.79 Å². The minimum Gasteiger partial charge on any atom is -0.494 e. The molecular weight excluding hydrogens is 377 g/mol. The first-order chi connectivity index (χ1) is 9.92. The Kier molecular flexibility index (Phi) is 5.14. The maximum absolute atomic E-state index is 12.2. The first-order valence-electron chi connectivity index (χ1n) is 6.03. The van der Waals surface area contributed by atoms with Gasteiger partial charge in [0, 0.05) is 15.7 Å². The number of hydrogen-bond donors (Lipinski definition) is 1. The van der Waals surface area contributed by atoms with Crippen LogP contribution in [0.4, 0.5) is 5.69 Å². The third-order valence-electron chi connectivity index (χ3n) is 2.88. The van der Waals surface area contributed by atoms with Crippen LogP contribution >= 0.6 is 39.1 Å². The maximum Gasteiger partial charge on any atom is 0.255 e. The van der Waals surface area contributed by atoms with Crippen LogP contribution in [0.2, 0.25) is 10.0 Å². The van der Waals surface area contributed by atoms with Crippen LogP contribution in [0.15, 0.2) is 34.8 Å². The summed E-state index contributed by atoms with van der Waals surface area (Å²) in [6.45, 7) is 1.95. The lowest BCUT2D eigenvalue weighted by Gasteiger charge is -2.10. The fourth-order valence-electron chi connectivity index (χ4n) is 1.81. The molecule has 0 saturated carbocycles. The molecular formula is C15H12BrCl2NO2. The van der Waals surface area contributed by atoms with Crippen LogP contribution in [0.1, 0.15) is 15.9 Å². The number of anilines is 1. The molecule has 1 N–H and O–H groups in total. The van der Waals surface area contributed by atoms with E-state index in [2.05, 4.69) is 21.2 Å². The van der Waals surface area contributed by atoms with Crippen molar-refractivity contribution in [3.63, 3.8) is 0 Å². The average molecular weight is 389 g/mol. The van der Waals surface area contributed by atoms with E-state index < -0.39 is 0 Å². The van der Waals surface area contributed by atoms with Crippen LogP contribution < -0.4 is 10.1 Å². The third-order valence-corrected chi connectivity index (χ3v) is 4.33. The number of carbonyl (C=O) groups is 1. The predicted molar refractivity (Wildman–Crippen MR) is 89.8 cm³/mol. The molecule has 21 heavy (non-hydrogen) atoms. The highest BCUT2D eigenvalue weighted by Crippen LogP contribution is 2.34. The molecule has 1 amide bonds. The lowest BCUT2D eigenvalue weighted by atomic mass is 10.1. The van der Waals surface area contributed by atoms with Crippen molar-refractivity contribution < 1.29 is 9.53 Å². The van der Waals surface area contributed by atoms with Crippen molar-refractivity contribution in [1.29, 1.82) is 0 Å². The Morgan fingerprint density at radius 3 is 2.33 bits per heavy atom. The summed E-state index contributed by atoms with van der Waals surface area (Å²) in [5.41, 5.74) is 2.09. The number of aryl methyl sites for hydroxylation is 1. The van der Waals surface area contributed by atoms with Crippen molar-refractivity contribution in [2.45, 2.75) is 6.92 Å². The van der Waals surface area contributed by atoms with Crippen LogP contribution in [-0.2, 0) is 0 Å². The summed E-state index contributed by atoms with van der Waals surface area (Å²) < 4.78 is 6.04. The number of amides is 1. The molecule has 0 bridgehead atoms. The number of benzene rings is 2. The molecule has 0 aliphatic heterocycles. The molecule has 2 rings (SSSR count). The van der Waals surface area contributed by atoms with Gasteiger partial charge in [-0.05, 0) is 42.8 Å². The zero-order valence-corrected chi connectivity index (χ0v) is 14.4. The number of carbonyl (C=O) groups excluding carboxylic acids is 1. The Bertz CT molecular complexity index is 681. The molecule has 3 nitrogen and oxygen atoms in total. The fourth-order valence-corrected chi connectivity index (χ4v) is 2.70. The van der Waals surface area contributed by atoms with Gasteiger partial charge in [0.15, 0.2) is 5.75 Å². The summed E-state index contributed by atoms with van der Waals surface area (Å²) in [7, 11) is 1.47. The topological polar surface area (TPSA) is 38.3 Å². The maximum atomic E-state index is 12.2. The van der Waals surface area contributed by atoms with Crippen LogP contribution in [0.5, 0.6) is 5.75 Å². The minimum atomic E-state index is -0.289. The molecule has 0 atom stereocenters. The van der Waals surface area contributed by atoms with Gasteiger partial charge >= 0.3 is 0 Å². The Labute approximate surface area is 141 Å². The van der Waals surface area contributed by atoms with E-state index in [-0.39, 0.29) is 5.91 Å². The first kappa shape index (κ1) is 16.1. The zero-order valence-electron chi connectivity index (χ0n) is 11.3. The smallest absolute Gasteiger partial charge is 0.255 e. The summed E-state index contributed by atoms with van der Waals surface area (Å²) in [4.78, 5) is 12.2. The molecule has 110 valence electrons. The summed E-state index contributed by atoms with van der Waals surface area (Å²) in [6.07, 6.45) is 0.